The van der Waals surface area contributed by atoms with Crippen molar-refractivity contribution in [3.05, 3.63) is 36.3 Å². The Hall–Kier alpha value is -3.20. The van der Waals surface area contributed by atoms with Gasteiger partial charge in [0.05, 0.1) is 18.0 Å². The molecule has 9 nitrogen and oxygen atoms in total. The van der Waals surface area contributed by atoms with E-state index in [0.717, 1.165) is 53.6 Å². The van der Waals surface area contributed by atoms with E-state index in [1.165, 1.54) is 0 Å². The number of fused-ring (bicyclic) bond motifs is 2. The Kier molecular flexibility index (Phi) is 4.96. The van der Waals surface area contributed by atoms with Gasteiger partial charge in [0.2, 0.25) is 0 Å². The molecule has 1 fully saturated rings. The lowest BCUT2D eigenvalue weighted by Crippen LogP contribution is -2.37. The first-order valence-electron chi connectivity index (χ1n) is 10.5. The second kappa shape index (κ2) is 7.91. The van der Waals surface area contributed by atoms with Crippen molar-refractivity contribution in [3.63, 3.8) is 0 Å². The topological polar surface area (TPSA) is 106 Å². The predicted octanol–water partition coefficient (Wildman–Crippen LogP) is 3.03. The molecule has 1 aromatic carbocycles. The summed E-state index contributed by atoms with van der Waals surface area (Å²) in [5, 5.41) is 15.1. The van der Waals surface area contributed by atoms with Crippen molar-refractivity contribution >= 4 is 27.9 Å². The molecule has 0 amide bonds. The van der Waals surface area contributed by atoms with Crippen LogP contribution in [0.3, 0.4) is 0 Å². The molecule has 0 spiro atoms. The van der Waals surface area contributed by atoms with E-state index in [0.29, 0.717) is 18.4 Å². The molecular formula is C21H26N8O. The van der Waals surface area contributed by atoms with Crippen LogP contribution in [0.4, 0.5) is 5.82 Å². The number of hydrogen-bond donors (Lipinski definition) is 3. The molecular weight excluding hydrogens is 380 g/mol. The molecule has 0 saturated carbocycles. The molecule has 9 heteroatoms. The van der Waals surface area contributed by atoms with Crippen molar-refractivity contribution in [2.45, 2.75) is 45.4 Å². The molecule has 1 aliphatic heterocycles. The summed E-state index contributed by atoms with van der Waals surface area (Å²) < 4.78 is 8.18. The van der Waals surface area contributed by atoms with Crippen molar-refractivity contribution < 1.29 is 4.74 Å². The van der Waals surface area contributed by atoms with Crippen molar-refractivity contribution in [3.8, 4) is 6.01 Å². The Morgan fingerprint density at radius 1 is 1.30 bits per heavy atom. The van der Waals surface area contributed by atoms with Gasteiger partial charge in [-0.25, -0.2) is 4.98 Å². The molecule has 1 aliphatic rings. The van der Waals surface area contributed by atoms with Gasteiger partial charge in [-0.05, 0) is 44.9 Å². The normalized spacial score (nSPS) is 17.1. The number of H-pyrrole nitrogens is 1. The summed E-state index contributed by atoms with van der Waals surface area (Å²) in [6.07, 6.45) is 5.84. The standard InChI is InChI=1S/C21H26N8O/c1-13(2)29-12-24-18-19(23-9-14-5-3-7-17-16(14)11-25-28-17)26-21(27-20(18)29)30-15-6-4-8-22-10-15/h3,5,7,11-13,15,22H,4,6,8-10H2,1-2H3,(H,25,28)(H,23,26,27)/t15-/m1/s1. The van der Waals surface area contributed by atoms with E-state index in [1.54, 1.807) is 0 Å². The van der Waals surface area contributed by atoms with Crippen LogP contribution in [-0.4, -0.2) is 48.9 Å². The fourth-order valence-electron chi connectivity index (χ4n) is 3.88. The smallest absolute Gasteiger partial charge is 0.320 e. The molecule has 30 heavy (non-hydrogen) atoms. The number of hydrogen-bond acceptors (Lipinski definition) is 7. The van der Waals surface area contributed by atoms with Gasteiger partial charge in [0.25, 0.3) is 0 Å². The van der Waals surface area contributed by atoms with E-state index in [4.69, 9.17) is 9.72 Å². The first kappa shape index (κ1) is 18.8. The van der Waals surface area contributed by atoms with E-state index in [2.05, 4.69) is 50.7 Å². The van der Waals surface area contributed by atoms with E-state index in [-0.39, 0.29) is 12.1 Å². The zero-order valence-corrected chi connectivity index (χ0v) is 17.2. The number of ether oxygens (including phenoxy) is 1. The highest BCUT2D eigenvalue weighted by Crippen LogP contribution is 2.26. The molecule has 1 saturated heterocycles. The van der Waals surface area contributed by atoms with Crippen LogP contribution in [0.2, 0.25) is 0 Å². The van der Waals surface area contributed by atoms with Crippen molar-refractivity contribution in [2.75, 3.05) is 18.4 Å². The number of nitrogens with zero attached hydrogens (tertiary/aromatic N) is 5. The SMILES string of the molecule is CC(C)n1cnc2c(NCc3cccc4[nH]ncc34)nc(O[C@@H]3CCCNC3)nc21. The van der Waals surface area contributed by atoms with Crippen LogP contribution >= 0.6 is 0 Å². The largest absolute Gasteiger partial charge is 0.459 e. The molecule has 0 unspecified atom stereocenters. The predicted molar refractivity (Wildman–Crippen MR) is 116 cm³/mol. The average molecular weight is 406 g/mol. The van der Waals surface area contributed by atoms with Gasteiger partial charge >= 0.3 is 6.01 Å². The number of anilines is 1. The molecule has 5 rings (SSSR count). The number of imidazole rings is 1. The van der Waals surface area contributed by atoms with Crippen molar-refractivity contribution in [2.24, 2.45) is 0 Å². The monoisotopic (exact) mass is 406 g/mol. The van der Waals surface area contributed by atoms with Gasteiger partial charge in [0.1, 0.15) is 6.10 Å². The lowest BCUT2D eigenvalue weighted by atomic mass is 10.1. The minimum Gasteiger partial charge on any atom is -0.459 e. The number of benzene rings is 1. The van der Waals surface area contributed by atoms with Crippen LogP contribution in [0.15, 0.2) is 30.7 Å². The molecule has 0 aliphatic carbocycles. The third kappa shape index (κ3) is 3.56. The zero-order valence-electron chi connectivity index (χ0n) is 17.2. The second-order valence-corrected chi connectivity index (χ2v) is 7.96. The Morgan fingerprint density at radius 2 is 2.23 bits per heavy atom. The van der Waals surface area contributed by atoms with Crippen LogP contribution < -0.4 is 15.4 Å². The molecule has 4 aromatic rings. The van der Waals surface area contributed by atoms with Crippen LogP contribution in [0.5, 0.6) is 6.01 Å². The molecule has 156 valence electrons. The minimum absolute atomic E-state index is 0.0825. The molecule has 4 heterocycles. The molecule has 0 bridgehead atoms. The summed E-state index contributed by atoms with van der Waals surface area (Å²) in [7, 11) is 0. The maximum absolute atomic E-state index is 6.14. The maximum Gasteiger partial charge on any atom is 0.320 e. The first-order chi connectivity index (χ1) is 14.7. The molecule has 0 radical (unpaired) electrons. The van der Waals surface area contributed by atoms with Gasteiger partial charge in [-0.3, -0.25) is 5.10 Å². The first-order valence-corrected chi connectivity index (χ1v) is 10.5. The summed E-state index contributed by atoms with van der Waals surface area (Å²) >= 11 is 0. The van der Waals surface area contributed by atoms with E-state index in [1.807, 2.05) is 29.2 Å². The minimum atomic E-state index is 0.0825. The van der Waals surface area contributed by atoms with Crippen LogP contribution in [-0.2, 0) is 6.54 Å². The summed E-state index contributed by atoms with van der Waals surface area (Å²) in [5.74, 6) is 0.679. The Bertz CT molecular complexity index is 1160. The third-order valence-corrected chi connectivity index (χ3v) is 5.50. The van der Waals surface area contributed by atoms with Crippen LogP contribution in [0.1, 0.15) is 38.3 Å². The van der Waals surface area contributed by atoms with E-state index >= 15 is 0 Å². The number of aromatic amines is 1. The number of rotatable bonds is 6. The summed E-state index contributed by atoms with van der Waals surface area (Å²) in [5.41, 5.74) is 3.68. The summed E-state index contributed by atoms with van der Waals surface area (Å²) in [6, 6.07) is 6.75. The van der Waals surface area contributed by atoms with Gasteiger partial charge in [-0.2, -0.15) is 15.1 Å². The van der Waals surface area contributed by atoms with Gasteiger partial charge < -0.3 is 19.9 Å². The van der Waals surface area contributed by atoms with Gasteiger partial charge in [-0.15, -0.1) is 0 Å². The van der Waals surface area contributed by atoms with Crippen LogP contribution in [0.25, 0.3) is 22.1 Å². The number of piperidine rings is 1. The Morgan fingerprint density at radius 3 is 3.07 bits per heavy atom. The number of aromatic nitrogens is 6. The second-order valence-electron chi connectivity index (χ2n) is 7.96. The van der Waals surface area contributed by atoms with Crippen LogP contribution in [0, 0.1) is 0 Å². The highest BCUT2D eigenvalue weighted by molar-refractivity contribution is 5.85. The lowest BCUT2D eigenvalue weighted by Gasteiger charge is -2.23. The summed E-state index contributed by atoms with van der Waals surface area (Å²) in [6.45, 7) is 6.67. The third-order valence-electron chi connectivity index (χ3n) is 5.50. The lowest BCUT2D eigenvalue weighted by molar-refractivity contribution is 0.154. The van der Waals surface area contributed by atoms with E-state index in [9.17, 15) is 0 Å². The van der Waals surface area contributed by atoms with Crippen molar-refractivity contribution in [1.82, 2.24) is 35.0 Å². The highest BCUT2D eigenvalue weighted by Gasteiger charge is 2.20. The van der Waals surface area contributed by atoms with E-state index < -0.39 is 0 Å². The van der Waals surface area contributed by atoms with Gasteiger partial charge in [0, 0.05) is 24.5 Å². The van der Waals surface area contributed by atoms with Crippen molar-refractivity contribution in [1.29, 1.82) is 0 Å². The van der Waals surface area contributed by atoms with Gasteiger partial charge in [0.15, 0.2) is 17.0 Å². The summed E-state index contributed by atoms with van der Waals surface area (Å²) in [4.78, 5) is 14.0. The Labute approximate surface area is 174 Å². The molecule has 3 N–H and O–H groups in total. The fraction of sp³-hybridized carbons (Fsp3) is 0.429. The Balaban J connectivity index is 1.48. The fourth-order valence-corrected chi connectivity index (χ4v) is 3.88. The highest BCUT2D eigenvalue weighted by atomic mass is 16.5. The zero-order chi connectivity index (χ0) is 20.5. The molecule has 3 aromatic heterocycles. The maximum atomic E-state index is 6.14. The molecule has 1 atom stereocenters. The quantitative estimate of drug-likeness (QED) is 0.452. The number of nitrogens with one attached hydrogen (secondary N) is 3. The van der Waals surface area contributed by atoms with Gasteiger partial charge in [-0.1, -0.05) is 12.1 Å². The average Bonchev–Trinajstić information content (AvgIpc) is 3.40.